The molecule has 0 unspecified atom stereocenters. The Morgan fingerprint density at radius 2 is 1.90 bits per heavy atom. The third-order valence-corrected chi connectivity index (χ3v) is 4.34. The van der Waals surface area contributed by atoms with Crippen molar-refractivity contribution >= 4 is 24.0 Å². The minimum absolute atomic E-state index is 0. The first kappa shape index (κ1) is 16.3. The Kier molecular flexibility index (Phi) is 5.25. The fraction of sp³-hybridized carbons (Fsp3) is 0.467. The molecule has 1 saturated carbocycles. The van der Waals surface area contributed by atoms with Gasteiger partial charge < -0.3 is 10.3 Å². The zero-order valence-electron chi connectivity index (χ0n) is 11.7. The van der Waals surface area contributed by atoms with Gasteiger partial charge in [0, 0.05) is 11.4 Å². The molecule has 2 aromatic rings. The molecule has 0 spiro atoms. The van der Waals surface area contributed by atoms with E-state index < -0.39 is 0 Å². The minimum atomic E-state index is -0.383. The maximum Gasteiger partial charge on any atom is 0.227 e. The van der Waals surface area contributed by atoms with Crippen molar-refractivity contribution in [1.29, 1.82) is 0 Å². The van der Waals surface area contributed by atoms with Crippen molar-refractivity contribution in [2.24, 2.45) is 5.73 Å². The zero-order chi connectivity index (χ0) is 14.0. The Morgan fingerprint density at radius 1 is 1.19 bits per heavy atom. The molecule has 0 aliphatic heterocycles. The topological polar surface area (TPSA) is 64.9 Å². The maximum absolute atomic E-state index is 6.32. The second-order valence-electron chi connectivity index (χ2n) is 5.47. The van der Waals surface area contributed by atoms with Gasteiger partial charge in [-0.3, -0.25) is 0 Å². The third-order valence-electron chi connectivity index (χ3n) is 3.98. The van der Waals surface area contributed by atoms with Crippen molar-refractivity contribution < 1.29 is 4.52 Å². The number of nitrogens with zero attached hydrogens (tertiary/aromatic N) is 2. The Morgan fingerprint density at radius 3 is 2.62 bits per heavy atom. The molecule has 0 saturated heterocycles. The SMILES string of the molecule is Cl.NC1(c2noc(CCc3ccccc3Cl)n2)CCCC1. The van der Waals surface area contributed by atoms with Gasteiger partial charge >= 0.3 is 0 Å². The summed E-state index contributed by atoms with van der Waals surface area (Å²) in [5, 5.41) is 4.84. The molecule has 0 bridgehead atoms. The van der Waals surface area contributed by atoms with Gasteiger partial charge in [0.05, 0.1) is 5.54 Å². The van der Waals surface area contributed by atoms with Crippen LogP contribution in [0.4, 0.5) is 0 Å². The number of benzene rings is 1. The second-order valence-corrected chi connectivity index (χ2v) is 5.87. The van der Waals surface area contributed by atoms with Crippen molar-refractivity contribution in [2.45, 2.75) is 44.1 Å². The molecule has 1 fully saturated rings. The van der Waals surface area contributed by atoms with E-state index in [1.807, 2.05) is 24.3 Å². The lowest BCUT2D eigenvalue weighted by Crippen LogP contribution is -2.34. The highest BCUT2D eigenvalue weighted by molar-refractivity contribution is 6.31. The Labute approximate surface area is 135 Å². The van der Waals surface area contributed by atoms with Gasteiger partial charge in [-0.05, 0) is 30.9 Å². The van der Waals surface area contributed by atoms with Gasteiger partial charge in [0.2, 0.25) is 5.89 Å². The van der Waals surface area contributed by atoms with Gasteiger partial charge in [-0.25, -0.2) is 0 Å². The summed E-state index contributed by atoms with van der Waals surface area (Å²) in [4.78, 5) is 4.46. The van der Waals surface area contributed by atoms with Crippen LogP contribution in [-0.2, 0) is 18.4 Å². The van der Waals surface area contributed by atoms with Gasteiger partial charge in [-0.1, -0.05) is 47.8 Å². The molecule has 2 N–H and O–H groups in total. The van der Waals surface area contributed by atoms with Crippen molar-refractivity contribution in [3.05, 3.63) is 46.6 Å². The quantitative estimate of drug-likeness (QED) is 0.930. The van der Waals surface area contributed by atoms with Crippen molar-refractivity contribution in [3.63, 3.8) is 0 Å². The summed E-state index contributed by atoms with van der Waals surface area (Å²) in [6.07, 6.45) is 5.64. The minimum Gasteiger partial charge on any atom is -0.339 e. The lowest BCUT2D eigenvalue weighted by Gasteiger charge is -2.17. The van der Waals surface area contributed by atoms with Gasteiger partial charge in [0.25, 0.3) is 0 Å². The van der Waals surface area contributed by atoms with E-state index in [2.05, 4.69) is 10.1 Å². The standard InChI is InChI=1S/C15H18ClN3O.ClH/c16-12-6-2-1-5-11(12)7-8-13-18-14(19-20-13)15(17)9-3-4-10-15;/h1-2,5-6H,3-4,7-10,17H2;1H. The molecule has 1 aromatic carbocycles. The highest BCUT2D eigenvalue weighted by atomic mass is 35.5. The number of rotatable bonds is 4. The van der Waals surface area contributed by atoms with Crippen LogP contribution in [-0.4, -0.2) is 10.1 Å². The first-order valence-corrected chi connectivity index (χ1v) is 7.40. The summed E-state index contributed by atoms with van der Waals surface area (Å²) in [5.74, 6) is 1.29. The molecule has 3 rings (SSSR count). The highest BCUT2D eigenvalue weighted by Crippen LogP contribution is 2.34. The number of aromatic nitrogens is 2. The summed E-state index contributed by atoms with van der Waals surface area (Å²) in [5.41, 5.74) is 7.03. The zero-order valence-corrected chi connectivity index (χ0v) is 13.3. The van der Waals surface area contributed by atoms with Crippen LogP contribution in [0.5, 0.6) is 0 Å². The van der Waals surface area contributed by atoms with Gasteiger partial charge in [-0.15, -0.1) is 12.4 Å². The average molecular weight is 328 g/mol. The summed E-state index contributed by atoms with van der Waals surface area (Å²) < 4.78 is 5.32. The molecule has 114 valence electrons. The van der Waals surface area contributed by atoms with E-state index in [9.17, 15) is 0 Å². The predicted molar refractivity (Wildman–Crippen MR) is 84.7 cm³/mol. The predicted octanol–water partition coefficient (Wildman–Crippen LogP) is 3.66. The lowest BCUT2D eigenvalue weighted by atomic mass is 9.99. The Bertz CT molecular complexity index is 594. The number of hydrogen-bond donors (Lipinski definition) is 1. The first-order chi connectivity index (χ1) is 9.67. The molecule has 1 aliphatic rings. The van der Waals surface area contributed by atoms with E-state index in [1.54, 1.807) is 0 Å². The molecule has 4 nitrogen and oxygen atoms in total. The van der Waals surface area contributed by atoms with Crippen LogP contribution >= 0.6 is 24.0 Å². The van der Waals surface area contributed by atoms with Crippen LogP contribution in [0.25, 0.3) is 0 Å². The number of aryl methyl sites for hydroxylation is 2. The summed E-state index contributed by atoms with van der Waals surface area (Å²) in [6, 6.07) is 7.81. The van der Waals surface area contributed by atoms with Crippen molar-refractivity contribution in [2.75, 3.05) is 0 Å². The smallest absolute Gasteiger partial charge is 0.227 e. The van der Waals surface area contributed by atoms with Crippen LogP contribution in [0.1, 0.15) is 43.0 Å². The number of nitrogens with two attached hydrogens (primary N) is 1. The molecule has 0 atom stereocenters. The molecular formula is C15H19Cl2N3O. The normalized spacial score (nSPS) is 16.7. The fourth-order valence-corrected chi connectivity index (χ4v) is 2.96. The summed E-state index contributed by atoms with van der Waals surface area (Å²) in [7, 11) is 0. The molecular weight excluding hydrogens is 309 g/mol. The monoisotopic (exact) mass is 327 g/mol. The maximum atomic E-state index is 6.32. The summed E-state index contributed by atoms with van der Waals surface area (Å²) >= 11 is 6.13. The average Bonchev–Trinajstić information content (AvgIpc) is 3.08. The van der Waals surface area contributed by atoms with E-state index in [4.69, 9.17) is 21.9 Å². The summed E-state index contributed by atoms with van der Waals surface area (Å²) in [6.45, 7) is 0. The molecule has 6 heteroatoms. The lowest BCUT2D eigenvalue weighted by molar-refractivity contribution is 0.348. The number of hydrogen-bond acceptors (Lipinski definition) is 4. The molecule has 1 heterocycles. The largest absolute Gasteiger partial charge is 0.339 e. The Balaban J connectivity index is 0.00000161. The van der Waals surface area contributed by atoms with E-state index >= 15 is 0 Å². The van der Waals surface area contributed by atoms with E-state index in [0.29, 0.717) is 18.1 Å². The van der Waals surface area contributed by atoms with Gasteiger partial charge in [-0.2, -0.15) is 4.98 Å². The molecule has 1 aliphatic carbocycles. The van der Waals surface area contributed by atoms with Crippen molar-refractivity contribution in [3.8, 4) is 0 Å². The van der Waals surface area contributed by atoms with Crippen LogP contribution in [0.3, 0.4) is 0 Å². The fourth-order valence-electron chi connectivity index (χ4n) is 2.73. The van der Waals surface area contributed by atoms with Crippen molar-refractivity contribution in [1.82, 2.24) is 10.1 Å². The van der Waals surface area contributed by atoms with Crippen LogP contribution in [0, 0.1) is 0 Å². The van der Waals surface area contributed by atoms with Gasteiger partial charge in [0.1, 0.15) is 0 Å². The second kappa shape index (κ2) is 6.77. The molecule has 21 heavy (non-hydrogen) atoms. The van der Waals surface area contributed by atoms with Gasteiger partial charge in [0.15, 0.2) is 5.82 Å². The van der Waals surface area contributed by atoms with Crippen LogP contribution in [0.15, 0.2) is 28.8 Å². The Hall–Kier alpha value is -1.10. The molecule has 1 aromatic heterocycles. The third kappa shape index (κ3) is 3.57. The van der Waals surface area contributed by atoms with E-state index in [0.717, 1.165) is 42.7 Å². The first-order valence-electron chi connectivity index (χ1n) is 7.03. The molecule has 0 radical (unpaired) electrons. The number of halogens is 2. The van der Waals surface area contributed by atoms with E-state index in [-0.39, 0.29) is 17.9 Å². The van der Waals surface area contributed by atoms with Crippen LogP contribution < -0.4 is 5.73 Å². The van der Waals surface area contributed by atoms with Crippen LogP contribution in [0.2, 0.25) is 5.02 Å². The highest BCUT2D eigenvalue weighted by Gasteiger charge is 2.35. The molecule has 0 amide bonds. The van der Waals surface area contributed by atoms with E-state index in [1.165, 1.54) is 0 Å².